The highest BCUT2D eigenvalue weighted by Crippen LogP contribution is 2.28. The minimum atomic E-state index is -0.660. The Bertz CT molecular complexity index is 889. The first kappa shape index (κ1) is 16.4. The summed E-state index contributed by atoms with van der Waals surface area (Å²) in [4.78, 5) is 11.2. The Morgan fingerprint density at radius 1 is 0.846 bits per heavy atom. The molecular weight excluding hydrogens is 334 g/mol. The summed E-state index contributed by atoms with van der Waals surface area (Å²) >= 11 is 0. The van der Waals surface area contributed by atoms with Gasteiger partial charge in [0.05, 0.1) is 5.69 Å². The fourth-order valence-corrected chi connectivity index (χ4v) is 3.06. The van der Waals surface area contributed by atoms with Crippen LogP contribution in [0.25, 0.3) is 11.3 Å². The van der Waals surface area contributed by atoms with Crippen LogP contribution >= 0.6 is 0 Å². The van der Waals surface area contributed by atoms with Gasteiger partial charge in [0.2, 0.25) is 5.95 Å². The van der Waals surface area contributed by atoms with Crippen molar-refractivity contribution in [2.75, 3.05) is 23.3 Å². The molecule has 1 aromatic heterocycles. The molecule has 1 aliphatic heterocycles. The van der Waals surface area contributed by atoms with Crippen LogP contribution in [0, 0.1) is 11.6 Å². The van der Waals surface area contributed by atoms with Crippen LogP contribution < -0.4 is 10.2 Å². The van der Waals surface area contributed by atoms with Crippen molar-refractivity contribution in [2.24, 2.45) is 0 Å². The standard InChI is InChI=1S/C20H18F2N4/c21-15-9-6-10-16(22)19(15)24-18-13-17(14-7-2-1-3-8-14)23-20(25-18)26-11-4-5-12-26/h1-3,6-10,13H,4-5,11-12H2,(H,23,24,25). The van der Waals surface area contributed by atoms with Crippen LogP contribution in [-0.4, -0.2) is 23.1 Å². The van der Waals surface area contributed by atoms with Crippen molar-refractivity contribution in [1.82, 2.24) is 9.97 Å². The topological polar surface area (TPSA) is 41.1 Å². The number of nitrogens with one attached hydrogen (secondary N) is 1. The predicted molar refractivity (Wildman–Crippen MR) is 98.6 cm³/mol. The Morgan fingerprint density at radius 2 is 1.54 bits per heavy atom. The van der Waals surface area contributed by atoms with E-state index in [1.54, 1.807) is 6.07 Å². The zero-order chi connectivity index (χ0) is 17.9. The average Bonchev–Trinajstić information content (AvgIpc) is 3.20. The molecule has 6 heteroatoms. The molecule has 0 radical (unpaired) electrons. The minimum Gasteiger partial charge on any atom is -0.341 e. The molecule has 0 bridgehead atoms. The third-order valence-electron chi connectivity index (χ3n) is 4.39. The van der Waals surface area contributed by atoms with Gasteiger partial charge in [-0.05, 0) is 25.0 Å². The predicted octanol–water partition coefficient (Wildman–Crippen LogP) is 4.77. The van der Waals surface area contributed by atoms with Crippen molar-refractivity contribution < 1.29 is 8.78 Å². The van der Waals surface area contributed by atoms with Crippen molar-refractivity contribution >= 4 is 17.5 Å². The van der Waals surface area contributed by atoms with Crippen LogP contribution in [0.4, 0.5) is 26.2 Å². The summed E-state index contributed by atoms with van der Waals surface area (Å²) in [5, 5.41) is 2.79. The first-order valence-corrected chi connectivity index (χ1v) is 8.61. The number of rotatable bonds is 4. The summed E-state index contributed by atoms with van der Waals surface area (Å²) < 4.78 is 28.0. The minimum absolute atomic E-state index is 0.211. The molecule has 132 valence electrons. The van der Waals surface area contributed by atoms with Gasteiger partial charge in [-0.2, -0.15) is 4.98 Å². The van der Waals surface area contributed by atoms with E-state index < -0.39 is 11.6 Å². The lowest BCUT2D eigenvalue weighted by molar-refractivity contribution is 0.590. The van der Waals surface area contributed by atoms with Crippen LogP contribution in [0.5, 0.6) is 0 Å². The molecule has 1 aliphatic rings. The van der Waals surface area contributed by atoms with E-state index in [9.17, 15) is 8.78 Å². The number of para-hydroxylation sites is 1. The maximum Gasteiger partial charge on any atom is 0.227 e. The fraction of sp³-hybridized carbons (Fsp3) is 0.200. The van der Waals surface area contributed by atoms with E-state index >= 15 is 0 Å². The SMILES string of the molecule is Fc1cccc(F)c1Nc1cc(-c2ccccc2)nc(N2CCCC2)n1. The fourth-order valence-electron chi connectivity index (χ4n) is 3.06. The molecule has 2 heterocycles. The zero-order valence-corrected chi connectivity index (χ0v) is 14.1. The molecule has 4 nitrogen and oxygen atoms in total. The molecule has 0 saturated carbocycles. The van der Waals surface area contributed by atoms with E-state index in [4.69, 9.17) is 0 Å². The van der Waals surface area contributed by atoms with E-state index in [1.807, 2.05) is 30.3 Å². The van der Waals surface area contributed by atoms with Crippen molar-refractivity contribution in [1.29, 1.82) is 0 Å². The third-order valence-corrected chi connectivity index (χ3v) is 4.39. The first-order chi connectivity index (χ1) is 12.7. The Hall–Kier alpha value is -3.02. The quantitative estimate of drug-likeness (QED) is 0.735. The number of hydrogen-bond donors (Lipinski definition) is 1. The van der Waals surface area contributed by atoms with Gasteiger partial charge in [0.1, 0.15) is 23.1 Å². The maximum absolute atomic E-state index is 14.0. The number of halogens is 2. The summed E-state index contributed by atoms with van der Waals surface area (Å²) in [7, 11) is 0. The Balaban J connectivity index is 1.77. The number of hydrogen-bond acceptors (Lipinski definition) is 4. The molecule has 2 aromatic carbocycles. The highest BCUT2D eigenvalue weighted by Gasteiger charge is 2.18. The molecule has 0 unspecified atom stereocenters. The average molecular weight is 352 g/mol. The van der Waals surface area contributed by atoms with Gasteiger partial charge >= 0.3 is 0 Å². The second-order valence-corrected chi connectivity index (χ2v) is 6.22. The largest absolute Gasteiger partial charge is 0.341 e. The van der Waals surface area contributed by atoms with Crippen molar-refractivity contribution in [2.45, 2.75) is 12.8 Å². The summed E-state index contributed by atoms with van der Waals surface area (Å²) in [6.07, 6.45) is 2.17. The molecule has 4 rings (SSSR count). The highest BCUT2D eigenvalue weighted by atomic mass is 19.1. The van der Waals surface area contributed by atoms with Gasteiger partial charge in [0, 0.05) is 24.7 Å². The van der Waals surface area contributed by atoms with Gasteiger partial charge in [-0.1, -0.05) is 36.4 Å². The Morgan fingerprint density at radius 3 is 2.23 bits per heavy atom. The molecular formula is C20H18F2N4. The summed E-state index contributed by atoms with van der Waals surface area (Å²) in [5.41, 5.74) is 1.42. The molecule has 0 atom stereocenters. The van der Waals surface area contributed by atoms with E-state index in [0.29, 0.717) is 17.5 Å². The molecule has 0 spiro atoms. The van der Waals surface area contributed by atoms with Crippen LogP contribution in [0.1, 0.15) is 12.8 Å². The number of benzene rings is 2. The van der Waals surface area contributed by atoms with Gasteiger partial charge in [0.15, 0.2) is 0 Å². The summed E-state index contributed by atoms with van der Waals surface area (Å²) in [6, 6.07) is 15.2. The monoisotopic (exact) mass is 352 g/mol. The summed E-state index contributed by atoms with van der Waals surface area (Å²) in [6.45, 7) is 1.76. The van der Waals surface area contributed by atoms with Crippen molar-refractivity contribution in [3.8, 4) is 11.3 Å². The molecule has 1 N–H and O–H groups in total. The number of anilines is 3. The Kier molecular flexibility index (Phi) is 4.48. The molecule has 3 aromatic rings. The molecule has 26 heavy (non-hydrogen) atoms. The molecule has 1 fully saturated rings. The van der Waals surface area contributed by atoms with Gasteiger partial charge in [-0.15, -0.1) is 0 Å². The molecule has 1 saturated heterocycles. The van der Waals surface area contributed by atoms with Crippen LogP contribution in [-0.2, 0) is 0 Å². The maximum atomic E-state index is 14.0. The Labute approximate surface area is 150 Å². The zero-order valence-electron chi connectivity index (χ0n) is 14.1. The summed E-state index contributed by atoms with van der Waals surface area (Å²) in [5.74, 6) is -0.381. The van der Waals surface area contributed by atoms with Crippen LogP contribution in [0.2, 0.25) is 0 Å². The number of nitrogens with zero attached hydrogens (tertiary/aromatic N) is 3. The normalized spacial score (nSPS) is 13.8. The van der Waals surface area contributed by atoms with Crippen LogP contribution in [0.15, 0.2) is 54.6 Å². The molecule has 0 aliphatic carbocycles. The van der Waals surface area contributed by atoms with Crippen molar-refractivity contribution in [3.63, 3.8) is 0 Å². The number of aromatic nitrogens is 2. The van der Waals surface area contributed by atoms with Crippen LogP contribution in [0.3, 0.4) is 0 Å². The second-order valence-electron chi connectivity index (χ2n) is 6.22. The second kappa shape index (κ2) is 7.07. The van der Waals surface area contributed by atoms with Crippen molar-refractivity contribution in [3.05, 3.63) is 66.2 Å². The van der Waals surface area contributed by atoms with E-state index in [2.05, 4.69) is 20.2 Å². The van der Waals surface area contributed by atoms with Gasteiger partial charge in [-0.3, -0.25) is 0 Å². The van der Waals surface area contributed by atoms with E-state index in [1.165, 1.54) is 18.2 Å². The van der Waals surface area contributed by atoms with E-state index in [-0.39, 0.29) is 5.69 Å². The third kappa shape index (κ3) is 3.35. The van der Waals surface area contributed by atoms with Gasteiger partial charge in [0.25, 0.3) is 0 Å². The highest BCUT2D eigenvalue weighted by molar-refractivity contribution is 5.68. The lowest BCUT2D eigenvalue weighted by Gasteiger charge is -2.18. The molecule has 0 amide bonds. The van der Waals surface area contributed by atoms with Gasteiger partial charge in [-0.25, -0.2) is 13.8 Å². The lowest BCUT2D eigenvalue weighted by Crippen LogP contribution is -2.21. The van der Waals surface area contributed by atoms with E-state index in [0.717, 1.165) is 31.5 Å². The smallest absolute Gasteiger partial charge is 0.227 e. The lowest BCUT2D eigenvalue weighted by atomic mass is 10.1. The first-order valence-electron chi connectivity index (χ1n) is 8.61. The van der Waals surface area contributed by atoms with Gasteiger partial charge < -0.3 is 10.2 Å².